The number of nitrogens with one attached hydrogen (secondary N) is 1. The van der Waals surface area contributed by atoms with Crippen LogP contribution in [-0.4, -0.2) is 73.7 Å². The summed E-state index contributed by atoms with van der Waals surface area (Å²) in [6.45, 7) is 4.30. The van der Waals surface area contributed by atoms with E-state index >= 15 is 0 Å². The number of likely N-dealkylation sites (N-methyl/N-ethyl adjacent to an activating group) is 1. The van der Waals surface area contributed by atoms with Gasteiger partial charge in [0.25, 0.3) is 0 Å². The summed E-state index contributed by atoms with van der Waals surface area (Å²) in [4.78, 5) is 15.3. The van der Waals surface area contributed by atoms with Crippen LogP contribution in [0.25, 0.3) is 0 Å². The van der Waals surface area contributed by atoms with E-state index < -0.39 is 0 Å². The quantitative estimate of drug-likeness (QED) is 0.595. The Morgan fingerprint density at radius 1 is 1.56 bits per heavy atom. The van der Waals surface area contributed by atoms with Crippen molar-refractivity contribution in [3.05, 3.63) is 0 Å². The van der Waals surface area contributed by atoms with Crippen molar-refractivity contribution in [3.63, 3.8) is 0 Å². The standard InChI is InChI=1S/C11H23N3O2/c1-12-11(16)4-7-13(2)8-10(15)9-14-5-3-6-14/h10,15H,3-9H2,1-2H3,(H,12,16). The molecule has 5 nitrogen and oxygen atoms in total. The first kappa shape index (κ1) is 13.4. The molecular formula is C11H23N3O2. The molecule has 0 aliphatic carbocycles. The van der Waals surface area contributed by atoms with Crippen molar-refractivity contribution in [3.8, 4) is 0 Å². The fourth-order valence-corrected chi connectivity index (χ4v) is 1.79. The molecule has 2 N–H and O–H groups in total. The summed E-state index contributed by atoms with van der Waals surface area (Å²) in [5.74, 6) is 0.0454. The van der Waals surface area contributed by atoms with Crippen LogP contribution in [0.5, 0.6) is 0 Å². The van der Waals surface area contributed by atoms with Crippen LogP contribution in [0.3, 0.4) is 0 Å². The van der Waals surface area contributed by atoms with Gasteiger partial charge in [-0.2, -0.15) is 0 Å². The lowest BCUT2D eigenvalue weighted by Crippen LogP contribution is -2.45. The molecule has 0 radical (unpaired) electrons. The fraction of sp³-hybridized carbons (Fsp3) is 0.909. The van der Waals surface area contributed by atoms with Gasteiger partial charge in [0.2, 0.25) is 5.91 Å². The molecule has 1 aliphatic rings. The molecule has 1 fully saturated rings. The Hall–Kier alpha value is -0.650. The van der Waals surface area contributed by atoms with E-state index in [0.29, 0.717) is 19.5 Å². The molecule has 1 saturated heterocycles. The third kappa shape index (κ3) is 4.92. The molecule has 94 valence electrons. The predicted octanol–water partition coefficient (Wildman–Crippen LogP) is -0.879. The summed E-state index contributed by atoms with van der Waals surface area (Å²) < 4.78 is 0. The van der Waals surface area contributed by atoms with E-state index in [4.69, 9.17) is 0 Å². The molecule has 0 aromatic rings. The molecule has 0 aromatic carbocycles. The Morgan fingerprint density at radius 2 is 2.25 bits per heavy atom. The number of nitrogens with zero attached hydrogens (tertiary/aromatic N) is 2. The van der Waals surface area contributed by atoms with Gasteiger partial charge in [0.05, 0.1) is 6.10 Å². The highest BCUT2D eigenvalue weighted by molar-refractivity contribution is 5.75. The Morgan fingerprint density at radius 3 is 2.75 bits per heavy atom. The van der Waals surface area contributed by atoms with Crippen molar-refractivity contribution >= 4 is 5.91 Å². The van der Waals surface area contributed by atoms with Crippen LogP contribution < -0.4 is 5.32 Å². The molecular weight excluding hydrogens is 206 g/mol. The highest BCUT2D eigenvalue weighted by Crippen LogP contribution is 2.06. The van der Waals surface area contributed by atoms with Crippen LogP contribution >= 0.6 is 0 Å². The molecule has 1 rings (SSSR count). The second-order valence-corrected chi connectivity index (χ2v) is 4.49. The fourth-order valence-electron chi connectivity index (χ4n) is 1.79. The summed E-state index contributed by atoms with van der Waals surface area (Å²) >= 11 is 0. The molecule has 1 amide bonds. The molecule has 0 aromatic heterocycles. The summed E-state index contributed by atoms with van der Waals surface area (Å²) in [7, 11) is 3.57. The normalized spacial score (nSPS) is 18.2. The molecule has 1 heterocycles. The van der Waals surface area contributed by atoms with E-state index in [0.717, 1.165) is 19.6 Å². The van der Waals surface area contributed by atoms with Crippen LogP contribution in [-0.2, 0) is 4.79 Å². The molecule has 0 bridgehead atoms. The lowest BCUT2D eigenvalue weighted by molar-refractivity contribution is -0.120. The van der Waals surface area contributed by atoms with Crippen LogP contribution in [0.1, 0.15) is 12.8 Å². The van der Waals surface area contributed by atoms with Crippen molar-refractivity contribution in [2.24, 2.45) is 0 Å². The molecule has 1 unspecified atom stereocenters. The van der Waals surface area contributed by atoms with Gasteiger partial charge < -0.3 is 20.2 Å². The van der Waals surface area contributed by atoms with Crippen LogP contribution in [0.4, 0.5) is 0 Å². The van der Waals surface area contributed by atoms with Crippen molar-refractivity contribution < 1.29 is 9.90 Å². The third-order valence-corrected chi connectivity index (χ3v) is 2.94. The molecule has 16 heavy (non-hydrogen) atoms. The van der Waals surface area contributed by atoms with Gasteiger partial charge in [0.1, 0.15) is 0 Å². The van der Waals surface area contributed by atoms with Crippen molar-refractivity contribution in [2.45, 2.75) is 18.9 Å². The summed E-state index contributed by atoms with van der Waals surface area (Å²) in [6.07, 6.45) is 1.43. The molecule has 1 atom stereocenters. The minimum Gasteiger partial charge on any atom is -0.390 e. The van der Waals surface area contributed by atoms with Gasteiger partial charge in [0, 0.05) is 33.1 Å². The number of hydrogen-bond acceptors (Lipinski definition) is 4. The number of amides is 1. The van der Waals surface area contributed by atoms with Crippen LogP contribution in [0.15, 0.2) is 0 Å². The van der Waals surface area contributed by atoms with Crippen molar-refractivity contribution in [1.82, 2.24) is 15.1 Å². The number of hydrogen-bond donors (Lipinski definition) is 2. The van der Waals surface area contributed by atoms with Gasteiger partial charge in [0.15, 0.2) is 0 Å². The molecule has 0 spiro atoms. The number of aliphatic hydroxyl groups excluding tert-OH is 1. The van der Waals surface area contributed by atoms with Crippen molar-refractivity contribution in [2.75, 3.05) is 46.8 Å². The Kier molecular flexibility index (Phi) is 5.73. The second kappa shape index (κ2) is 6.83. The zero-order valence-electron chi connectivity index (χ0n) is 10.3. The van der Waals surface area contributed by atoms with Crippen LogP contribution in [0.2, 0.25) is 0 Å². The number of likely N-dealkylation sites (tertiary alicyclic amines) is 1. The average Bonchev–Trinajstić information content (AvgIpc) is 2.20. The summed E-state index contributed by atoms with van der Waals surface area (Å²) in [5.41, 5.74) is 0. The summed E-state index contributed by atoms with van der Waals surface area (Å²) in [6, 6.07) is 0. The number of aliphatic hydroxyl groups is 1. The number of rotatable bonds is 7. The van der Waals surface area contributed by atoms with Gasteiger partial charge in [-0.15, -0.1) is 0 Å². The third-order valence-electron chi connectivity index (χ3n) is 2.94. The predicted molar refractivity (Wildman–Crippen MR) is 63.2 cm³/mol. The second-order valence-electron chi connectivity index (χ2n) is 4.49. The molecule has 5 heteroatoms. The van der Waals surface area contributed by atoms with Gasteiger partial charge in [-0.3, -0.25) is 4.79 Å². The van der Waals surface area contributed by atoms with Crippen molar-refractivity contribution in [1.29, 1.82) is 0 Å². The maximum absolute atomic E-state index is 11.0. The monoisotopic (exact) mass is 229 g/mol. The number of β-amino-alcohol motifs (C(OH)–C–C–N with tert-alkyl or cyclic N) is 1. The average molecular weight is 229 g/mol. The van der Waals surface area contributed by atoms with Gasteiger partial charge >= 0.3 is 0 Å². The number of carbonyl (C=O) groups excluding carboxylic acids is 1. The first-order valence-electron chi connectivity index (χ1n) is 5.91. The lowest BCUT2D eigenvalue weighted by atomic mass is 10.2. The minimum absolute atomic E-state index is 0.0454. The maximum atomic E-state index is 11.0. The molecule has 0 saturated carbocycles. The first-order valence-corrected chi connectivity index (χ1v) is 5.91. The van der Waals surface area contributed by atoms with E-state index in [1.54, 1.807) is 7.05 Å². The van der Waals surface area contributed by atoms with E-state index in [2.05, 4.69) is 10.2 Å². The largest absolute Gasteiger partial charge is 0.390 e. The maximum Gasteiger partial charge on any atom is 0.221 e. The highest BCUT2D eigenvalue weighted by Gasteiger charge is 2.18. The Balaban J connectivity index is 2.07. The Bertz CT molecular complexity index is 219. The number of carbonyl (C=O) groups is 1. The Labute approximate surface area is 97.4 Å². The SMILES string of the molecule is CNC(=O)CCN(C)CC(O)CN1CCC1. The smallest absolute Gasteiger partial charge is 0.221 e. The van der Waals surface area contributed by atoms with Gasteiger partial charge in [-0.25, -0.2) is 0 Å². The highest BCUT2D eigenvalue weighted by atomic mass is 16.3. The minimum atomic E-state index is -0.310. The van der Waals surface area contributed by atoms with E-state index in [1.165, 1.54) is 6.42 Å². The summed E-state index contributed by atoms with van der Waals surface area (Å²) in [5, 5.41) is 12.4. The lowest BCUT2D eigenvalue weighted by Gasteiger charge is -2.33. The first-order chi connectivity index (χ1) is 7.61. The van der Waals surface area contributed by atoms with E-state index in [-0.39, 0.29) is 12.0 Å². The topological polar surface area (TPSA) is 55.8 Å². The zero-order chi connectivity index (χ0) is 12.0. The molecule has 1 aliphatic heterocycles. The van der Waals surface area contributed by atoms with Gasteiger partial charge in [-0.1, -0.05) is 0 Å². The van der Waals surface area contributed by atoms with E-state index in [1.807, 2.05) is 11.9 Å². The van der Waals surface area contributed by atoms with E-state index in [9.17, 15) is 9.90 Å². The van der Waals surface area contributed by atoms with Crippen LogP contribution in [0, 0.1) is 0 Å². The zero-order valence-corrected chi connectivity index (χ0v) is 10.3. The van der Waals surface area contributed by atoms with Gasteiger partial charge in [-0.05, 0) is 26.6 Å².